The molecule has 1 N–H and O–H groups in total. The number of aromatic nitrogens is 3. The highest BCUT2D eigenvalue weighted by Crippen LogP contribution is 2.23. The van der Waals surface area contributed by atoms with Crippen LogP contribution in [-0.2, 0) is 0 Å². The number of aryl methyl sites for hydroxylation is 1. The number of pyridine rings is 1. The molecule has 3 aromatic rings. The van der Waals surface area contributed by atoms with Gasteiger partial charge in [0.2, 0.25) is 0 Å². The Bertz CT molecular complexity index is 686. The molecule has 2 aromatic heterocycles. The number of aromatic amines is 1. The topological polar surface area (TPSA) is 50.8 Å². The van der Waals surface area contributed by atoms with Crippen molar-refractivity contribution in [3.05, 3.63) is 42.1 Å². The number of methoxy groups -OCH3 is 1. The highest BCUT2D eigenvalue weighted by Gasteiger charge is 2.07. The summed E-state index contributed by atoms with van der Waals surface area (Å²) in [6.07, 6.45) is 1.77. The average molecular weight is 239 g/mol. The van der Waals surface area contributed by atoms with Crippen LogP contribution >= 0.6 is 0 Å². The fraction of sp³-hybridized carbons (Fsp3) is 0.143. The molecule has 0 atom stereocenters. The van der Waals surface area contributed by atoms with E-state index in [-0.39, 0.29) is 0 Å². The Balaban J connectivity index is 2.10. The van der Waals surface area contributed by atoms with Gasteiger partial charge in [0.1, 0.15) is 11.6 Å². The van der Waals surface area contributed by atoms with E-state index in [1.165, 1.54) is 0 Å². The van der Waals surface area contributed by atoms with Gasteiger partial charge in [0.05, 0.1) is 12.6 Å². The second-order valence-electron chi connectivity index (χ2n) is 4.14. The minimum Gasteiger partial charge on any atom is -0.497 e. The van der Waals surface area contributed by atoms with E-state index in [1.807, 2.05) is 37.3 Å². The van der Waals surface area contributed by atoms with Gasteiger partial charge < -0.3 is 9.72 Å². The van der Waals surface area contributed by atoms with Gasteiger partial charge in [-0.2, -0.15) is 0 Å². The maximum atomic E-state index is 5.14. The largest absolute Gasteiger partial charge is 0.497 e. The number of rotatable bonds is 2. The summed E-state index contributed by atoms with van der Waals surface area (Å²) in [4.78, 5) is 12.0. The predicted molar refractivity (Wildman–Crippen MR) is 70.6 cm³/mol. The van der Waals surface area contributed by atoms with Crippen molar-refractivity contribution in [2.75, 3.05) is 7.11 Å². The maximum absolute atomic E-state index is 5.14. The number of H-pyrrole nitrogens is 1. The van der Waals surface area contributed by atoms with Gasteiger partial charge in [-0.05, 0) is 42.8 Å². The molecule has 0 amide bonds. The summed E-state index contributed by atoms with van der Waals surface area (Å²) in [5.74, 6) is 1.67. The molecule has 4 nitrogen and oxygen atoms in total. The van der Waals surface area contributed by atoms with E-state index < -0.39 is 0 Å². The van der Waals surface area contributed by atoms with E-state index in [1.54, 1.807) is 13.3 Å². The number of nitrogens with zero attached hydrogens (tertiary/aromatic N) is 2. The van der Waals surface area contributed by atoms with Gasteiger partial charge in [0.25, 0.3) is 0 Å². The monoisotopic (exact) mass is 239 g/mol. The number of benzene rings is 1. The SMILES string of the molecule is COc1ccc(-c2nc3nccc(C)c3[nH]2)cc1. The van der Waals surface area contributed by atoms with E-state index in [0.717, 1.165) is 33.9 Å². The molecule has 0 saturated carbocycles. The predicted octanol–water partition coefficient (Wildman–Crippen LogP) is 2.94. The Morgan fingerprint density at radius 1 is 1.11 bits per heavy atom. The molecule has 90 valence electrons. The van der Waals surface area contributed by atoms with Crippen LogP contribution in [0.25, 0.3) is 22.6 Å². The first kappa shape index (κ1) is 10.8. The highest BCUT2D eigenvalue weighted by molar-refractivity contribution is 5.78. The molecule has 0 aliphatic rings. The molecular weight excluding hydrogens is 226 g/mol. The Labute approximate surface area is 105 Å². The summed E-state index contributed by atoms with van der Waals surface area (Å²) >= 11 is 0. The van der Waals surface area contributed by atoms with Gasteiger partial charge in [-0.3, -0.25) is 0 Å². The van der Waals surface area contributed by atoms with Gasteiger partial charge >= 0.3 is 0 Å². The molecule has 2 heterocycles. The first-order valence-corrected chi connectivity index (χ1v) is 5.73. The second-order valence-corrected chi connectivity index (χ2v) is 4.14. The van der Waals surface area contributed by atoms with Gasteiger partial charge in [-0.1, -0.05) is 0 Å². The van der Waals surface area contributed by atoms with Gasteiger partial charge in [0.15, 0.2) is 5.65 Å². The van der Waals surface area contributed by atoms with Crippen LogP contribution in [0.5, 0.6) is 5.75 Å². The zero-order chi connectivity index (χ0) is 12.5. The van der Waals surface area contributed by atoms with E-state index in [9.17, 15) is 0 Å². The van der Waals surface area contributed by atoms with Crippen LogP contribution in [0.1, 0.15) is 5.56 Å². The Morgan fingerprint density at radius 3 is 2.56 bits per heavy atom. The number of nitrogens with one attached hydrogen (secondary N) is 1. The molecule has 1 aromatic carbocycles. The molecule has 0 fully saturated rings. The molecular formula is C14H13N3O. The summed E-state index contributed by atoms with van der Waals surface area (Å²) in [7, 11) is 1.66. The number of fused-ring (bicyclic) bond motifs is 1. The summed E-state index contributed by atoms with van der Waals surface area (Å²) in [6.45, 7) is 2.04. The van der Waals surface area contributed by atoms with Gasteiger partial charge in [0, 0.05) is 11.8 Å². The van der Waals surface area contributed by atoms with Crippen LogP contribution in [0.15, 0.2) is 36.5 Å². The maximum Gasteiger partial charge on any atom is 0.178 e. The van der Waals surface area contributed by atoms with Crippen molar-refractivity contribution in [2.24, 2.45) is 0 Å². The molecule has 18 heavy (non-hydrogen) atoms. The molecule has 3 rings (SSSR count). The number of hydrogen-bond donors (Lipinski definition) is 1. The van der Waals surface area contributed by atoms with Crippen molar-refractivity contribution in [1.82, 2.24) is 15.0 Å². The van der Waals surface area contributed by atoms with E-state index >= 15 is 0 Å². The minimum atomic E-state index is 0.751. The Morgan fingerprint density at radius 2 is 1.89 bits per heavy atom. The molecule has 0 aliphatic carbocycles. The van der Waals surface area contributed by atoms with Crippen LogP contribution in [0.2, 0.25) is 0 Å². The van der Waals surface area contributed by atoms with Crippen LogP contribution in [0, 0.1) is 6.92 Å². The van der Waals surface area contributed by atoms with Crippen molar-refractivity contribution in [1.29, 1.82) is 0 Å². The van der Waals surface area contributed by atoms with Crippen molar-refractivity contribution >= 4 is 11.2 Å². The van der Waals surface area contributed by atoms with E-state index in [0.29, 0.717) is 0 Å². The fourth-order valence-corrected chi connectivity index (χ4v) is 1.92. The molecule has 0 saturated heterocycles. The third-order valence-electron chi connectivity index (χ3n) is 2.96. The summed E-state index contributed by atoms with van der Waals surface area (Å²) in [6, 6.07) is 9.77. The van der Waals surface area contributed by atoms with E-state index in [2.05, 4.69) is 15.0 Å². The number of hydrogen-bond acceptors (Lipinski definition) is 3. The zero-order valence-electron chi connectivity index (χ0n) is 10.3. The van der Waals surface area contributed by atoms with Crippen molar-refractivity contribution in [3.8, 4) is 17.1 Å². The minimum absolute atomic E-state index is 0.751. The molecule has 0 unspecified atom stereocenters. The van der Waals surface area contributed by atoms with Gasteiger partial charge in [-0.15, -0.1) is 0 Å². The first-order valence-electron chi connectivity index (χ1n) is 5.73. The molecule has 4 heteroatoms. The standard InChI is InChI=1S/C14H13N3O/c1-9-7-8-15-14-12(9)16-13(17-14)10-3-5-11(18-2)6-4-10/h3-8H,1-2H3,(H,15,16,17). The zero-order valence-corrected chi connectivity index (χ0v) is 10.3. The van der Waals surface area contributed by atoms with Crippen molar-refractivity contribution in [3.63, 3.8) is 0 Å². The smallest absolute Gasteiger partial charge is 0.178 e. The van der Waals surface area contributed by atoms with Crippen LogP contribution in [0.4, 0.5) is 0 Å². The lowest BCUT2D eigenvalue weighted by Gasteiger charge is -2.00. The van der Waals surface area contributed by atoms with Gasteiger partial charge in [-0.25, -0.2) is 9.97 Å². The molecule has 0 spiro atoms. The molecule has 0 aliphatic heterocycles. The van der Waals surface area contributed by atoms with Crippen molar-refractivity contribution in [2.45, 2.75) is 6.92 Å². The third kappa shape index (κ3) is 1.72. The van der Waals surface area contributed by atoms with Crippen LogP contribution in [-0.4, -0.2) is 22.1 Å². The lowest BCUT2D eigenvalue weighted by atomic mass is 10.2. The Hall–Kier alpha value is -2.36. The lowest BCUT2D eigenvalue weighted by Crippen LogP contribution is -1.83. The summed E-state index contributed by atoms with van der Waals surface area (Å²) < 4.78 is 5.14. The van der Waals surface area contributed by atoms with E-state index in [4.69, 9.17) is 4.74 Å². The van der Waals surface area contributed by atoms with Crippen molar-refractivity contribution < 1.29 is 4.74 Å². The van der Waals surface area contributed by atoms with Crippen LogP contribution in [0.3, 0.4) is 0 Å². The fourth-order valence-electron chi connectivity index (χ4n) is 1.92. The first-order chi connectivity index (χ1) is 8.78. The number of ether oxygens (including phenoxy) is 1. The lowest BCUT2D eigenvalue weighted by molar-refractivity contribution is 0.415. The second kappa shape index (κ2) is 4.14. The Kier molecular flexibility index (Phi) is 2.48. The van der Waals surface area contributed by atoms with Crippen LogP contribution < -0.4 is 4.74 Å². The summed E-state index contributed by atoms with van der Waals surface area (Å²) in [5, 5.41) is 0. The third-order valence-corrected chi connectivity index (χ3v) is 2.96. The quantitative estimate of drug-likeness (QED) is 0.748. The molecule has 0 bridgehead atoms. The highest BCUT2D eigenvalue weighted by atomic mass is 16.5. The average Bonchev–Trinajstić information content (AvgIpc) is 2.84. The normalized spacial score (nSPS) is 10.8. The summed E-state index contributed by atoms with van der Waals surface area (Å²) in [5.41, 5.74) is 3.91. The molecule has 0 radical (unpaired) electrons. The number of imidazole rings is 1.